The van der Waals surface area contributed by atoms with Crippen molar-refractivity contribution < 1.29 is 17.9 Å². The Morgan fingerprint density at radius 2 is 1.77 bits per heavy atom. The number of halogens is 1. The predicted molar refractivity (Wildman–Crippen MR) is 164 cm³/mol. The summed E-state index contributed by atoms with van der Waals surface area (Å²) in [6.45, 7) is 3.95. The molecule has 8 nitrogen and oxygen atoms in total. The van der Waals surface area contributed by atoms with Crippen molar-refractivity contribution in [1.82, 2.24) is 9.88 Å². The number of aromatic nitrogens is 1. The smallest absolute Gasteiger partial charge is 0.264 e. The van der Waals surface area contributed by atoms with Crippen molar-refractivity contribution >= 4 is 60.7 Å². The van der Waals surface area contributed by atoms with Gasteiger partial charge in [-0.25, -0.2) is 13.4 Å². The van der Waals surface area contributed by atoms with E-state index < -0.39 is 10.0 Å². The van der Waals surface area contributed by atoms with Crippen LogP contribution < -0.4 is 13.9 Å². The number of likely N-dealkylation sites (N-methyl/N-ethyl adjacent to an activating group) is 1. The van der Waals surface area contributed by atoms with Gasteiger partial charge in [0, 0.05) is 25.2 Å². The lowest BCUT2D eigenvalue weighted by Crippen LogP contribution is -2.37. The molecule has 0 saturated heterocycles. The van der Waals surface area contributed by atoms with Crippen molar-refractivity contribution in [3.63, 3.8) is 0 Å². The van der Waals surface area contributed by atoms with E-state index in [-0.39, 0.29) is 23.2 Å². The molecule has 0 spiro atoms. The average Bonchev–Trinajstić information content (AvgIpc) is 3.38. The first kappa shape index (κ1) is 29.8. The number of amides is 1. The Morgan fingerprint density at radius 3 is 2.50 bits per heavy atom. The zero-order valence-electron chi connectivity index (χ0n) is 22.7. The number of thiazole rings is 1. The number of sulfonamides is 1. The molecule has 1 aliphatic rings. The molecule has 1 aromatic heterocycles. The summed E-state index contributed by atoms with van der Waals surface area (Å²) < 4.78 is 35.3. The van der Waals surface area contributed by atoms with Gasteiger partial charge in [-0.3, -0.25) is 14.0 Å². The SMILES string of the molecule is CCOc1cccc2sc(N(CCN(C)C)C(=O)c3ccc(S(=O)(=O)N4CCCc5ccccc54)cc3)nc12.Cl. The number of nitrogens with zero attached hydrogens (tertiary/aromatic N) is 4. The van der Waals surface area contributed by atoms with E-state index in [9.17, 15) is 13.2 Å². The molecule has 5 rings (SSSR count). The number of ether oxygens (including phenoxy) is 1. The molecule has 0 saturated carbocycles. The van der Waals surface area contributed by atoms with Crippen molar-refractivity contribution in [2.75, 3.05) is 49.5 Å². The number of para-hydroxylation sites is 2. The third kappa shape index (κ3) is 5.95. The molecule has 1 aliphatic heterocycles. The number of anilines is 2. The number of rotatable bonds is 9. The first-order valence-electron chi connectivity index (χ1n) is 13.0. The number of aryl methyl sites for hydroxylation is 1. The zero-order chi connectivity index (χ0) is 27.6. The van der Waals surface area contributed by atoms with E-state index in [0.29, 0.717) is 42.7 Å². The maximum atomic E-state index is 13.8. The lowest BCUT2D eigenvalue weighted by atomic mass is 10.0. The van der Waals surface area contributed by atoms with Gasteiger partial charge < -0.3 is 9.64 Å². The highest BCUT2D eigenvalue weighted by Crippen LogP contribution is 2.35. The molecule has 0 N–H and O–H groups in total. The number of carbonyl (C=O) groups excluding carboxylic acids is 1. The second-order valence-electron chi connectivity index (χ2n) is 9.63. The molecule has 3 aromatic carbocycles. The molecule has 212 valence electrons. The van der Waals surface area contributed by atoms with Gasteiger partial charge in [0.1, 0.15) is 11.3 Å². The van der Waals surface area contributed by atoms with Crippen LogP contribution in [0, 0.1) is 0 Å². The quantitative estimate of drug-likeness (QED) is 0.253. The van der Waals surface area contributed by atoms with Crippen LogP contribution in [-0.2, 0) is 16.4 Å². The Kier molecular flexibility index (Phi) is 9.35. The Labute approximate surface area is 245 Å². The maximum Gasteiger partial charge on any atom is 0.264 e. The van der Waals surface area contributed by atoms with E-state index in [1.807, 2.05) is 68.4 Å². The average molecular weight is 601 g/mol. The summed E-state index contributed by atoms with van der Waals surface area (Å²) in [4.78, 5) is 22.4. The minimum Gasteiger partial charge on any atom is -0.492 e. The zero-order valence-corrected chi connectivity index (χ0v) is 25.2. The van der Waals surface area contributed by atoms with E-state index in [1.54, 1.807) is 17.0 Å². The standard InChI is InChI=1S/C29H32N4O4S2.ClH/c1-4-37-25-12-7-13-26-27(25)30-29(38-26)32(20-19-31(2)3)28(34)22-14-16-23(17-15-22)39(35,36)33-18-8-10-21-9-5-6-11-24(21)33;/h5-7,9,11-17H,4,8,10,18-20H2,1-3H3;1H. The minimum atomic E-state index is -3.76. The summed E-state index contributed by atoms with van der Waals surface area (Å²) in [5.41, 5.74) is 2.88. The van der Waals surface area contributed by atoms with Gasteiger partial charge in [-0.2, -0.15) is 0 Å². The summed E-state index contributed by atoms with van der Waals surface area (Å²) in [6, 6.07) is 19.6. The van der Waals surface area contributed by atoms with Crippen LogP contribution in [0.2, 0.25) is 0 Å². The Balaban J connectivity index is 0.00000370. The Morgan fingerprint density at radius 1 is 1.02 bits per heavy atom. The van der Waals surface area contributed by atoms with Crippen molar-refractivity contribution in [2.45, 2.75) is 24.7 Å². The molecule has 2 heterocycles. The second-order valence-corrected chi connectivity index (χ2v) is 12.5. The summed E-state index contributed by atoms with van der Waals surface area (Å²) >= 11 is 1.43. The summed E-state index contributed by atoms with van der Waals surface area (Å²) in [6.07, 6.45) is 1.62. The summed E-state index contributed by atoms with van der Waals surface area (Å²) in [5.74, 6) is 0.451. The number of benzene rings is 3. The third-order valence-electron chi connectivity index (χ3n) is 6.67. The highest BCUT2D eigenvalue weighted by atomic mass is 35.5. The van der Waals surface area contributed by atoms with E-state index >= 15 is 0 Å². The van der Waals surface area contributed by atoms with Gasteiger partial charge in [0.05, 0.1) is 21.9 Å². The van der Waals surface area contributed by atoms with Crippen LogP contribution in [0.1, 0.15) is 29.3 Å². The lowest BCUT2D eigenvalue weighted by molar-refractivity contribution is 0.0985. The molecule has 1 amide bonds. The highest BCUT2D eigenvalue weighted by molar-refractivity contribution is 7.92. The van der Waals surface area contributed by atoms with Crippen molar-refractivity contribution in [2.24, 2.45) is 0 Å². The Hall–Kier alpha value is -3.18. The molecule has 0 bridgehead atoms. The van der Waals surface area contributed by atoms with Crippen LogP contribution in [0.25, 0.3) is 10.2 Å². The fraction of sp³-hybridized carbons (Fsp3) is 0.310. The van der Waals surface area contributed by atoms with E-state index in [4.69, 9.17) is 9.72 Å². The molecule has 4 aromatic rings. The molecule has 0 atom stereocenters. The highest BCUT2D eigenvalue weighted by Gasteiger charge is 2.29. The predicted octanol–water partition coefficient (Wildman–Crippen LogP) is 5.47. The third-order valence-corrected chi connectivity index (χ3v) is 9.55. The van der Waals surface area contributed by atoms with Crippen LogP contribution in [0.5, 0.6) is 5.75 Å². The fourth-order valence-electron chi connectivity index (χ4n) is 4.68. The van der Waals surface area contributed by atoms with Crippen LogP contribution in [0.4, 0.5) is 10.8 Å². The van der Waals surface area contributed by atoms with Gasteiger partial charge in [-0.1, -0.05) is 35.6 Å². The molecular weight excluding hydrogens is 568 g/mol. The van der Waals surface area contributed by atoms with Crippen molar-refractivity contribution in [3.05, 3.63) is 77.9 Å². The van der Waals surface area contributed by atoms with Gasteiger partial charge in [0.2, 0.25) is 0 Å². The number of hydrogen-bond donors (Lipinski definition) is 0. The molecule has 0 unspecified atom stereocenters. The van der Waals surface area contributed by atoms with Crippen molar-refractivity contribution in [3.8, 4) is 5.75 Å². The molecular formula is C29H33ClN4O4S2. The fourth-order valence-corrected chi connectivity index (χ4v) is 7.23. The molecule has 0 fully saturated rings. The first-order chi connectivity index (χ1) is 18.8. The minimum absolute atomic E-state index is 0. The van der Waals surface area contributed by atoms with Crippen LogP contribution >= 0.6 is 23.7 Å². The Bertz CT molecular complexity index is 1590. The van der Waals surface area contributed by atoms with Gasteiger partial charge in [0.15, 0.2) is 5.13 Å². The van der Waals surface area contributed by atoms with Crippen molar-refractivity contribution in [1.29, 1.82) is 0 Å². The summed E-state index contributed by atoms with van der Waals surface area (Å²) in [5, 5.41) is 0.575. The lowest BCUT2D eigenvalue weighted by Gasteiger charge is -2.30. The van der Waals surface area contributed by atoms with E-state index in [1.165, 1.54) is 27.8 Å². The van der Waals surface area contributed by atoms with E-state index in [0.717, 1.165) is 34.3 Å². The van der Waals surface area contributed by atoms with Gasteiger partial charge in [0.25, 0.3) is 15.9 Å². The normalized spacial score (nSPS) is 13.2. The molecule has 0 aliphatic carbocycles. The van der Waals surface area contributed by atoms with Crippen LogP contribution in [0.15, 0.2) is 71.6 Å². The first-order valence-corrected chi connectivity index (χ1v) is 15.2. The molecule has 11 heteroatoms. The summed E-state index contributed by atoms with van der Waals surface area (Å²) in [7, 11) is 0.140. The van der Waals surface area contributed by atoms with E-state index in [2.05, 4.69) is 0 Å². The number of fused-ring (bicyclic) bond motifs is 2. The van der Waals surface area contributed by atoms with Gasteiger partial charge >= 0.3 is 0 Å². The van der Waals surface area contributed by atoms with Gasteiger partial charge in [-0.05, 0) is 81.9 Å². The second kappa shape index (κ2) is 12.6. The topological polar surface area (TPSA) is 83.0 Å². The monoisotopic (exact) mass is 600 g/mol. The van der Waals surface area contributed by atoms with Gasteiger partial charge in [-0.15, -0.1) is 12.4 Å². The largest absolute Gasteiger partial charge is 0.492 e. The van der Waals surface area contributed by atoms with Crippen LogP contribution in [-0.4, -0.2) is 64.5 Å². The number of carbonyl (C=O) groups is 1. The number of hydrogen-bond acceptors (Lipinski definition) is 7. The maximum absolute atomic E-state index is 13.8. The van der Waals surface area contributed by atoms with Crippen LogP contribution in [0.3, 0.4) is 0 Å². The molecule has 0 radical (unpaired) electrons. The molecule has 40 heavy (non-hydrogen) atoms.